The first kappa shape index (κ1) is 13.8. The number of hydrogen-bond acceptors (Lipinski definition) is 2. The normalized spacial score (nSPS) is 11.1. The van der Waals surface area contributed by atoms with E-state index in [1.807, 2.05) is 25.1 Å². The topological polar surface area (TPSA) is 29.9 Å². The molecule has 0 radical (unpaired) electrons. The fraction of sp³-hybridized carbons (Fsp3) is 0.235. The van der Waals surface area contributed by atoms with E-state index in [2.05, 4.69) is 20.9 Å². The average Bonchev–Trinajstić information content (AvgIpc) is 2.81. The molecule has 0 fully saturated rings. The number of nitrogens with one attached hydrogen (secondary N) is 1. The maximum Gasteiger partial charge on any atom is 0.123 e. The summed E-state index contributed by atoms with van der Waals surface area (Å²) in [5.74, 6) is 0.832. The lowest BCUT2D eigenvalue weighted by molar-refractivity contribution is 0.595. The fourth-order valence-electron chi connectivity index (χ4n) is 2.50. The van der Waals surface area contributed by atoms with E-state index >= 15 is 0 Å². The molecule has 3 aromatic rings. The number of rotatable bonds is 5. The molecule has 0 unspecified atom stereocenters. The van der Waals surface area contributed by atoms with Crippen molar-refractivity contribution in [2.75, 3.05) is 6.54 Å². The van der Waals surface area contributed by atoms with Crippen molar-refractivity contribution in [3.8, 4) is 0 Å². The van der Waals surface area contributed by atoms with Gasteiger partial charge in [-0.25, -0.2) is 9.37 Å². The van der Waals surface area contributed by atoms with Crippen LogP contribution < -0.4 is 5.32 Å². The van der Waals surface area contributed by atoms with Crippen molar-refractivity contribution >= 4 is 11.0 Å². The van der Waals surface area contributed by atoms with Crippen LogP contribution in [-0.4, -0.2) is 16.1 Å². The van der Waals surface area contributed by atoms with E-state index in [1.54, 1.807) is 12.1 Å². The summed E-state index contributed by atoms with van der Waals surface area (Å²) in [6.07, 6.45) is 0. The molecule has 0 aliphatic rings. The predicted octanol–water partition coefficient (Wildman–Crippen LogP) is 3.27. The third kappa shape index (κ3) is 3.11. The Hall–Kier alpha value is -2.20. The van der Waals surface area contributed by atoms with Crippen LogP contribution in [0.4, 0.5) is 4.39 Å². The Bertz CT molecular complexity index is 731. The van der Waals surface area contributed by atoms with Gasteiger partial charge in [0.2, 0.25) is 0 Å². The summed E-state index contributed by atoms with van der Waals surface area (Å²) in [5, 5.41) is 3.38. The standard InChI is InChI=1S/C17H18FN3/c1-13-20-16-4-2-3-5-17(16)21(13)11-10-19-12-14-6-8-15(18)9-7-14/h2-9,19H,10-12H2,1H3. The maximum absolute atomic E-state index is 12.8. The van der Waals surface area contributed by atoms with Crippen molar-refractivity contribution in [1.82, 2.24) is 14.9 Å². The summed E-state index contributed by atoms with van der Waals surface area (Å²) in [5.41, 5.74) is 3.29. The first-order valence-corrected chi connectivity index (χ1v) is 7.11. The quantitative estimate of drug-likeness (QED) is 0.728. The smallest absolute Gasteiger partial charge is 0.123 e. The molecule has 3 rings (SSSR count). The van der Waals surface area contributed by atoms with Gasteiger partial charge in [-0.15, -0.1) is 0 Å². The molecule has 21 heavy (non-hydrogen) atoms. The Morgan fingerprint density at radius 3 is 2.67 bits per heavy atom. The summed E-state index contributed by atoms with van der Waals surface area (Å²) in [7, 11) is 0. The largest absolute Gasteiger partial charge is 0.327 e. The van der Waals surface area contributed by atoms with Crippen LogP contribution in [0.1, 0.15) is 11.4 Å². The minimum Gasteiger partial charge on any atom is -0.327 e. The van der Waals surface area contributed by atoms with Crippen molar-refractivity contribution < 1.29 is 4.39 Å². The zero-order chi connectivity index (χ0) is 14.7. The molecular weight excluding hydrogens is 265 g/mol. The Morgan fingerprint density at radius 2 is 1.86 bits per heavy atom. The minimum atomic E-state index is -0.195. The Labute approximate surface area is 123 Å². The summed E-state index contributed by atoms with van der Waals surface area (Å²) < 4.78 is 15.0. The predicted molar refractivity (Wildman–Crippen MR) is 82.6 cm³/mol. The van der Waals surface area contributed by atoms with E-state index in [0.717, 1.165) is 36.5 Å². The second-order valence-corrected chi connectivity index (χ2v) is 5.10. The first-order chi connectivity index (χ1) is 10.2. The van der Waals surface area contributed by atoms with Gasteiger partial charge in [0.05, 0.1) is 11.0 Å². The third-order valence-corrected chi connectivity index (χ3v) is 3.60. The molecule has 4 heteroatoms. The van der Waals surface area contributed by atoms with Gasteiger partial charge in [0.1, 0.15) is 11.6 Å². The van der Waals surface area contributed by atoms with Gasteiger partial charge >= 0.3 is 0 Å². The number of benzene rings is 2. The molecule has 0 aliphatic carbocycles. The second-order valence-electron chi connectivity index (χ2n) is 5.10. The van der Waals surface area contributed by atoms with Crippen LogP contribution in [0.5, 0.6) is 0 Å². The zero-order valence-corrected chi connectivity index (χ0v) is 12.0. The SMILES string of the molecule is Cc1nc2ccccc2n1CCNCc1ccc(F)cc1. The molecule has 108 valence electrons. The molecule has 1 heterocycles. The molecule has 1 aromatic heterocycles. The van der Waals surface area contributed by atoms with Gasteiger partial charge in [0, 0.05) is 19.6 Å². The van der Waals surface area contributed by atoms with Crippen molar-refractivity contribution in [2.24, 2.45) is 0 Å². The van der Waals surface area contributed by atoms with E-state index < -0.39 is 0 Å². The molecular formula is C17H18FN3. The van der Waals surface area contributed by atoms with Crippen molar-refractivity contribution in [1.29, 1.82) is 0 Å². The van der Waals surface area contributed by atoms with Crippen LogP contribution in [-0.2, 0) is 13.1 Å². The van der Waals surface area contributed by atoms with Crippen LogP contribution in [0.15, 0.2) is 48.5 Å². The molecule has 0 spiro atoms. The van der Waals surface area contributed by atoms with Crippen LogP contribution in [0, 0.1) is 12.7 Å². The van der Waals surface area contributed by atoms with Crippen LogP contribution in [0.2, 0.25) is 0 Å². The highest BCUT2D eigenvalue weighted by Gasteiger charge is 2.05. The summed E-state index contributed by atoms with van der Waals surface area (Å²) in [6, 6.07) is 14.8. The van der Waals surface area contributed by atoms with Gasteiger partial charge in [-0.2, -0.15) is 0 Å². The molecule has 3 nitrogen and oxygen atoms in total. The Morgan fingerprint density at radius 1 is 1.10 bits per heavy atom. The van der Waals surface area contributed by atoms with Gasteiger partial charge in [0.15, 0.2) is 0 Å². The van der Waals surface area contributed by atoms with Crippen LogP contribution in [0.25, 0.3) is 11.0 Å². The van der Waals surface area contributed by atoms with E-state index in [-0.39, 0.29) is 5.82 Å². The highest BCUT2D eigenvalue weighted by Crippen LogP contribution is 2.14. The summed E-state index contributed by atoms with van der Waals surface area (Å²) in [6.45, 7) is 4.48. The van der Waals surface area contributed by atoms with E-state index in [9.17, 15) is 4.39 Å². The lowest BCUT2D eigenvalue weighted by Crippen LogP contribution is -2.20. The summed E-state index contributed by atoms with van der Waals surface area (Å²) in [4.78, 5) is 4.55. The lowest BCUT2D eigenvalue weighted by Gasteiger charge is -2.08. The molecule has 0 amide bonds. The Balaban J connectivity index is 1.59. The lowest BCUT2D eigenvalue weighted by atomic mass is 10.2. The molecule has 0 saturated heterocycles. The number of fused-ring (bicyclic) bond motifs is 1. The number of halogens is 1. The number of para-hydroxylation sites is 2. The highest BCUT2D eigenvalue weighted by molar-refractivity contribution is 5.75. The van der Waals surface area contributed by atoms with Gasteiger partial charge in [-0.1, -0.05) is 24.3 Å². The van der Waals surface area contributed by atoms with E-state index in [0.29, 0.717) is 0 Å². The fourth-order valence-corrected chi connectivity index (χ4v) is 2.50. The maximum atomic E-state index is 12.8. The number of aromatic nitrogens is 2. The minimum absolute atomic E-state index is 0.195. The van der Waals surface area contributed by atoms with Crippen molar-refractivity contribution in [3.05, 3.63) is 65.7 Å². The number of aryl methyl sites for hydroxylation is 1. The first-order valence-electron chi connectivity index (χ1n) is 7.11. The van der Waals surface area contributed by atoms with Gasteiger partial charge in [0.25, 0.3) is 0 Å². The van der Waals surface area contributed by atoms with Gasteiger partial charge in [-0.3, -0.25) is 0 Å². The van der Waals surface area contributed by atoms with Crippen LogP contribution >= 0.6 is 0 Å². The monoisotopic (exact) mass is 283 g/mol. The second kappa shape index (κ2) is 6.06. The molecule has 0 bridgehead atoms. The molecule has 0 atom stereocenters. The molecule has 2 aromatic carbocycles. The third-order valence-electron chi connectivity index (χ3n) is 3.60. The van der Waals surface area contributed by atoms with Crippen molar-refractivity contribution in [3.63, 3.8) is 0 Å². The van der Waals surface area contributed by atoms with Crippen LogP contribution in [0.3, 0.4) is 0 Å². The zero-order valence-electron chi connectivity index (χ0n) is 12.0. The molecule has 0 saturated carbocycles. The van der Waals surface area contributed by atoms with Gasteiger partial charge in [-0.05, 0) is 36.8 Å². The molecule has 1 N–H and O–H groups in total. The number of nitrogens with zero attached hydrogens (tertiary/aromatic N) is 2. The van der Waals surface area contributed by atoms with E-state index in [1.165, 1.54) is 17.6 Å². The Kier molecular flexibility index (Phi) is 3.97. The van der Waals surface area contributed by atoms with Gasteiger partial charge < -0.3 is 9.88 Å². The number of hydrogen-bond donors (Lipinski definition) is 1. The highest BCUT2D eigenvalue weighted by atomic mass is 19.1. The molecule has 0 aliphatic heterocycles. The summed E-state index contributed by atoms with van der Waals surface area (Å²) >= 11 is 0. The van der Waals surface area contributed by atoms with E-state index in [4.69, 9.17) is 0 Å². The van der Waals surface area contributed by atoms with Crippen molar-refractivity contribution in [2.45, 2.75) is 20.0 Å². The number of imidazole rings is 1. The average molecular weight is 283 g/mol.